The molecule has 0 saturated carbocycles. The maximum atomic E-state index is 12.8. The van der Waals surface area contributed by atoms with E-state index >= 15 is 0 Å². The predicted octanol–water partition coefficient (Wildman–Crippen LogP) is -1.60. The minimum atomic E-state index is -1.30. The van der Waals surface area contributed by atoms with Crippen LogP contribution in [0.1, 0.15) is 39.0 Å². The number of carbonyl (C=O) groups is 5. The summed E-state index contributed by atoms with van der Waals surface area (Å²) in [5, 5.41) is 14.3. The zero-order chi connectivity index (χ0) is 22.8. The number of thioether (sulfide) groups is 1. The summed E-state index contributed by atoms with van der Waals surface area (Å²) in [6.45, 7) is 1.96. The van der Waals surface area contributed by atoms with E-state index in [0.29, 0.717) is 25.1 Å². The number of nitrogens with zero attached hydrogens (tertiary/aromatic N) is 1. The summed E-state index contributed by atoms with van der Waals surface area (Å²) in [4.78, 5) is 61.4. The Labute approximate surface area is 179 Å². The summed E-state index contributed by atoms with van der Waals surface area (Å²) in [5.41, 5.74) is 10.7. The van der Waals surface area contributed by atoms with Gasteiger partial charge in [-0.2, -0.15) is 11.8 Å². The number of carbonyl (C=O) groups excluding carboxylic acids is 4. The minimum Gasteiger partial charge on any atom is -0.480 e. The molecule has 7 N–H and O–H groups in total. The quantitative estimate of drug-likeness (QED) is 0.238. The van der Waals surface area contributed by atoms with Gasteiger partial charge in [0, 0.05) is 13.0 Å². The number of carboxylic acids is 1. The molecule has 1 fully saturated rings. The van der Waals surface area contributed by atoms with Gasteiger partial charge in [-0.1, -0.05) is 0 Å². The van der Waals surface area contributed by atoms with Crippen LogP contribution in [0.15, 0.2) is 0 Å². The van der Waals surface area contributed by atoms with Crippen molar-refractivity contribution in [1.82, 2.24) is 15.5 Å². The molecule has 0 spiro atoms. The lowest BCUT2D eigenvalue weighted by Gasteiger charge is -2.28. The van der Waals surface area contributed by atoms with Gasteiger partial charge in [-0.3, -0.25) is 19.2 Å². The van der Waals surface area contributed by atoms with Crippen molar-refractivity contribution in [3.63, 3.8) is 0 Å². The van der Waals surface area contributed by atoms with E-state index in [1.807, 2.05) is 6.26 Å². The fraction of sp³-hybridized carbons (Fsp3) is 0.722. The number of hydrogen-bond donors (Lipinski definition) is 5. The van der Waals surface area contributed by atoms with Crippen LogP contribution in [-0.2, 0) is 24.0 Å². The number of amides is 4. The van der Waals surface area contributed by atoms with Crippen molar-refractivity contribution >= 4 is 41.4 Å². The van der Waals surface area contributed by atoms with E-state index in [-0.39, 0.29) is 25.2 Å². The highest BCUT2D eigenvalue weighted by molar-refractivity contribution is 7.98. The third-order valence-corrected chi connectivity index (χ3v) is 5.41. The van der Waals surface area contributed by atoms with Crippen molar-refractivity contribution in [1.29, 1.82) is 0 Å². The summed E-state index contributed by atoms with van der Waals surface area (Å²) in [7, 11) is 0. The first kappa shape index (κ1) is 25.7. The van der Waals surface area contributed by atoms with Crippen molar-refractivity contribution in [3.05, 3.63) is 0 Å². The molecule has 0 radical (unpaired) electrons. The summed E-state index contributed by atoms with van der Waals surface area (Å²) < 4.78 is 0. The van der Waals surface area contributed by atoms with Gasteiger partial charge in [0.2, 0.25) is 23.6 Å². The minimum absolute atomic E-state index is 0.154. The molecule has 11 nitrogen and oxygen atoms in total. The van der Waals surface area contributed by atoms with Gasteiger partial charge in [0.25, 0.3) is 0 Å². The third-order valence-electron chi connectivity index (χ3n) is 4.77. The number of carboxylic acid groups (broad SMARTS) is 1. The fourth-order valence-corrected chi connectivity index (χ4v) is 3.62. The van der Waals surface area contributed by atoms with Gasteiger partial charge in [-0.25, -0.2) is 4.79 Å². The monoisotopic (exact) mass is 445 g/mol. The molecule has 0 aliphatic carbocycles. The van der Waals surface area contributed by atoms with E-state index in [0.717, 1.165) is 0 Å². The van der Waals surface area contributed by atoms with Crippen LogP contribution in [0.4, 0.5) is 0 Å². The van der Waals surface area contributed by atoms with Crippen LogP contribution < -0.4 is 22.1 Å². The molecular formula is C18H31N5O6S. The standard InChI is InChI=1S/C18H31N5O6S/c1-10(19)17(27)23-8-3-4-13(23)16(26)21-11(7-9-30-2)15(25)22-12(18(28)29)5-6-14(20)24/h10-13H,3-9,19H2,1-2H3,(H2,20,24)(H,21,26)(H,22,25)(H,28,29). The first-order valence-corrected chi connectivity index (χ1v) is 11.1. The number of likely N-dealkylation sites (tertiary alicyclic amines) is 1. The van der Waals surface area contributed by atoms with Crippen LogP contribution in [0.5, 0.6) is 0 Å². The summed E-state index contributed by atoms with van der Waals surface area (Å²) in [5.74, 6) is -2.92. The normalized spacial score (nSPS) is 18.9. The van der Waals surface area contributed by atoms with Crippen LogP contribution in [-0.4, -0.2) is 82.3 Å². The second-order valence-electron chi connectivity index (χ2n) is 7.23. The molecule has 170 valence electrons. The molecule has 4 unspecified atom stereocenters. The molecule has 4 atom stereocenters. The highest BCUT2D eigenvalue weighted by Crippen LogP contribution is 2.19. The summed E-state index contributed by atoms with van der Waals surface area (Å²) in [6.07, 6.45) is 2.86. The first-order valence-electron chi connectivity index (χ1n) is 9.75. The molecule has 1 saturated heterocycles. The molecule has 1 aliphatic heterocycles. The van der Waals surface area contributed by atoms with Gasteiger partial charge in [-0.05, 0) is 44.6 Å². The van der Waals surface area contributed by atoms with Gasteiger partial charge in [0.15, 0.2) is 0 Å². The van der Waals surface area contributed by atoms with E-state index in [1.54, 1.807) is 6.92 Å². The Morgan fingerprint density at radius 3 is 2.37 bits per heavy atom. The smallest absolute Gasteiger partial charge is 0.326 e. The number of primary amides is 1. The van der Waals surface area contributed by atoms with Crippen molar-refractivity contribution in [2.75, 3.05) is 18.6 Å². The Morgan fingerprint density at radius 2 is 1.83 bits per heavy atom. The third kappa shape index (κ3) is 7.82. The van der Waals surface area contributed by atoms with Crippen LogP contribution in [0.2, 0.25) is 0 Å². The summed E-state index contributed by atoms with van der Waals surface area (Å²) in [6, 6.07) is -3.75. The Kier molecular flexibility index (Phi) is 10.6. The molecule has 0 aromatic carbocycles. The number of rotatable bonds is 12. The summed E-state index contributed by atoms with van der Waals surface area (Å²) >= 11 is 1.47. The molecule has 0 bridgehead atoms. The maximum Gasteiger partial charge on any atom is 0.326 e. The number of hydrogen-bond acceptors (Lipinski definition) is 7. The Balaban J connectivity index is 2.85. The zero-order valence-corrected chi connectivity index (χ0v) is 18.1. The molecule has 1 heterocycles. The lowest BCUT2D eigenvalue weighted by molar-refractivity contribution is -0.143. The SMILES string of the molecule is CSCCC(NC(=O)C1CCCN1C(=O)C(C)N)C(=O)NC(CCC(N)=O)C(=O)O. The Hall–Kier alpha value is -2.34. The number of nitrogens with two attached hydrogens (primary N) is 2. The van der Waals surface area contributed by atoms with E-state index in [2.05, 4.69) is 10.6 Å². The average molecular weight is 446 g/mol. The molecule has 0 aromatic rings. The maximum absolute atomic E-state index is 12.8. The van der Waals surface area contributed by atoms with E-state index in [1.165, 1.54) is 16.7 Å². The van der Waals surface area contributed by atoms with Crippen molar-refractivity contribution in [2.45, 2.75) is 63.2 Å². The van der Waals surface area contributed by atoms with Gasteiger partial charge >= 0.3 is 5.97 Å². The van der Waals surface area contributed by atoms with Crippen molar-refractivity contribution < 1.29 is 29.1 Å². The van der Waals surface area contributed by atoms with E-state index in [4.69, 9.17) is 11.5 Å². The molecule has 1 rings (SSSR count). The van der Waals surface area contributed by atoms with Gasteiger partial charge < -0.3 is 32.1 Å². The molecule has 12 heteroatoms. The van der Waals surface area contributed by atoms with Gasteiger partial charge in [-0.15, -0.1) is 0 Å². The van der Waals surface area contributed by atoms with Gasteiger partial charge in [0.1, 0.15) is 18.1 Å². The number of nitrogens with one attached hydrogen (secondary N) is 2. The molecule has 30 heavy (non-hydrogen) atoms. The fourth-order valence-electron chi connectivity index (χ4n) is 3.15. The zero-order valence-electron chi connectivity index (χ0n) is 17.3. The van der Waals surface area contributed by atoms with Crippen LogP contribution in [0.3, 0.4) is 0 Å². The topological polar surface area (TPSA) is 185 Å². The van der Waals surface area contributed by atoms with Crippen LogP contribution in [0.25, 0.3) is 0 Å². The van der Waals surface area contributed by atoms with Gasteiger partial charge in [0.05, 0.1) is 6.04 Å². The second kappa shape index (κ2) is 12.4. The molecule has 1 aliphatic rings. The van der Waals surface area contributed by atoms with Crippen molar-refractivity contribution in [2.24, 2.45) is 11.5 Å². The highest BCUT2D eigenvalue weighted by atomic mass is 32.2. The highest BCUT2D eigenvalue weighted by Gasteiger charge is 2.37. The lowest BCUT2D eigenvalue weighted by atomic mass is 10.1. The Morgan fingerprint density at radius 1 is 1.17 bits per heavy atom. The largest absolute Gasteiger partial charge is 0.480 e. The first-order chi connectivity index (χ1) is 14.1. The Bertz CT molecular complexity index is 659. The molecule has 4 amide bonds. The number of aliphatic carboxylic acids is 1. The van der Waals surface area contributed by atoms with Crippen LogP contribution in [0, 0.1) is 0 Å². The van der Waals surface area contributed by atoms with E-state index in [9.17, 15) is 29.1 Å². The molecular weight excluding hydrogens is 414 g/mol. The average Bonchev–Trinajstić information content (AvgIpc) is 3.16. The predicted molar refractivity (Wildman–Crippen MR) is 111 cm³/mol. The van der Waals surface area contributed by atoms with Crippen LogP contribution >= 0.6 is 11.8 Å². The molecule has 0 aromatic heterocycles. The van der Waals surface area contributed by atoms with E-state index < -0.39 is 47.9 Å². The van der Waals surface area contributed by atoms with Crippen molar-refractivity contribution in [3.8, 4) is 0 Å². The lowest BCUT2D eigenvalue weighted by Crippen LogP contribution is -2.56. The second-order valence-corrected chi connectivity index (χ2v) is 8.21.